The van der Waals surface area contributed by atoms with Gasteiger partial charge in [0, 0.05) is 12.3 Å². The molecule has 122 valence electrons. The van der Waals surface area contributed by atoms with Crippen molar-refractivity contribution in [2.24, 2.45) is 0 Å². The van der Waals surface area contributed by atoms with Gasteiger partial charge in [0.1, 0.15) is 5.75 Å². The van der Waals surface area contributed by atoms with E-state index in [-0.39, 0.29) is 5.91 Å². The molecule has 2 aromatic rings. The largest absolute Gasteiger partial charge is 0.494 e. The molecule has 0 fully saturated rings. The van der Waals surface area contributed by atoms with Gasteiger partial charge in [-0.15, -0.1) is 11.8 Å². The minimum atomic E-state index is 0.0855. The number of aryl methyl sites for hydroxylation is 1. The molecule has 0 aromatic heterocycles. The monoisotopic (exact) mass is 329 g/mol. The third-order valence-corrected chi connectivity index (χ3v) is 4.24. The highest BCUT2D eigenvalue weighted by molar-refractivity contribution is 7.99. The van der Waals surface area contributed by atoms with E-state index < -0.39 is 0 Å². The maximum absolute atomic E-state index is 11.8. The number of nitrogens with one attached hydrogen (secondary N) is 1. The summed E-state index contributed by atoms with van der Waals surface area (Å²) >= 11 is 1.64. The standard InChI is InChI=1S/C19H23NO2S/c1-16-7-5-8-17(13-16)14-23-15-19(21)20-11-6-12-22-18-9-3-2-4-10-18/h2-5,7-10,13H,6,11-12,14-15H2,1H3,(H,20,21). The van der Waals surface area contributed by atoms with Gasteiger partial charge in [-0.3, -0.25) is 4.79 Å². The van der Waals surface area contributed by atoms with Gasteiger partial charge in [0.05, 0.1) is 12.4 Å². The molecule has 0 heterocycles. The number of carbonyl (C=O) groups excluding carboxylic acids is 1. The summed E-state index contributed by atoms with van der Waals surface area (Å²) in [7, 11) is 0. The van der Waals surface area contributed by atoms with Crippen LogP contribution in [0.1, 0.15) is 17.5 Å². The van der Waals surface area contributed by atoms with E-state index >= 15 is 0 Å². The van der Waals surface area contributed by atoms with Gasteiger partial charge in [-0.25, -0.2) is 0 Å². The Morgan fingerprint density at radius 1 is 1.13 bits per heavy atom. The van der Waals surface area contributed by atoms with Crippen LogP contribution in [0.5, 0.6) is 5.75 Å². The zero-order chi connectivity index (χ0) is 16.3. The molecule has 0 saturated carbocycles. The van der Waals surface area contributed by atoms with E-state index in [2.05, 4.69) is 36.5 Å². The van der Waals surface area contributed by atoms with Gasteiger partial charge in [-0.2, -0.15) is 0 Å². The Morgan fingerprint density at radius 2 is 1.96 bits per heavy atom. The fourth-order valence-electron chi connectivity index (χ4n) is 2.12. The molecule has 23 heavy (non-hydrogen) atoms. The summed E-state index contributed by atoms with van der Waals surface area (Å²) in [5.74, 6) is 2.31. The summed E-state index contributed by atoms with van der Waals surface area (Å²) in [5, 5.41) is 2.93. The Bertz CT molecular complexity index is 601. The molecule has 1 N–H and O–H groups in total. The normalized spacial score (nSPS) is 10.3. The second-order valence-corrected chi connectivity index (χ2v) is 6.33. The first-order valence-electron chi connectivity index (χ1n) is 7.82. The zero-order valence-electron chi connectivity index (χ0n) is 13.5. The average Bonchev–Trinajstić information content (AvgIpc) is 2.55. The van der Waals surface area contributed by atoms with Crippen LogP contribution >= 0.6 is 11.8 Å². The Hall–Kier alpha value is -1.94. The molecule has 0 saturated heterocycles. The maximum atomic E-state index is 11.8. The van der Waals surface area contributed by atoms with Gasteiger partial charge in [-0.1, -0.05) is 48.0 Å². The van der Waals surface area contributed by atoms with Crippen LogP contribution in [0.4, 0.5) is 0 Å². The summed E-state index contributed by atoms with van der Waals surface area (Å²) in [4.78, 5) is 11.8. The summed E-state index contributed by atoms with van der Waals surface area (Å²) in [6, 6.07) is 18.1. The molecule has 1 amide bonds. The molecule has 0 aliphatic rings. The number of carbonyl (C=O) groups is 1. The van der Waals surface area contributed by atoms with Crippen molar-refractivity contribution in [3.63, 3.8) is 0 Å². The molecule has 0 aliphatic carbocycles. The summed E-state index contributed by atoms with van der Waals surface area (Å²) < 4.78 is 5.58. The van der Waals surface area contributed by atoms with Crippen LogP contribution in [0.25, 0.3) is 0 Å². The van der Waals surface area contributed by atoms with Crippen LogP contribution in [-0.4, -0.2) is 24.8 Å². The molecule has 0 bridgehead atoms. The predicted molar refractivity (Wildman–Crippen MR) is 96.9 cm³/mol. The van der Waals surface area contributed by atoms with Crippen LogP contribution in [0.15, 0.2) is 54.6 Å². The first kappa shape index (κ1) is 17.4. The number of ether oxygens (including phenoxy) is 1. The van der Waals surface area contributed by atoms with Crippen molar-refractivity contribution in [2.45, 2.75) is 19.1 Å². The summed E-state index contributed by atoms with van der Waals surface area (Å²) in [6.07, 6.45) is 0.809. The summed E-state index contributed by atoms with van der Waals surface area (Å²) in [6.45, 7) is 3.34. The molecule has 3 nitrogen and oxygen atoms in total. The van der Waals surface area contributed by atoms with Gasteiger partial charge in [0.2, 0.25) is 5.91 Å². The van der Waals surface area contributed by atoms with Crippen molar-refractivity contribution in [3.8, 4) is 5.75 Å². The Labute approximate surface area is 142 Å². The molecule has 0 aliphatic heterocycles. The molecule has 0 atom stereocenters. The first-order chi connectivity index (χ1) is 11.2. The van der Waals surface area contributed by atoms with Gasteiger partial charge >= 0.3 is 0 Å². The molecule has 4 heteroatoms. The van der Waals surface area contributed by atoms with Gasteiger partial charge in [0.25, 0.3) is 0 Å². The van der Waals surface area contributed by atoms with Crippen molar-refractivity contribution in [2.75, 3.05) is 18.9 Å². The predicted octanol–water partition coefficient (Wildman–Crippen LogP) is 3.81. The van der Waals surface area contributed by atoms with Gasteiger partial charge < -0.3 is 10.1 Å². The lowest BCUT2D eigenvalue weighted by Gasteiger charge is -2.07. The second kappa shape index (κ2) is 9.95. The second-order valence-electron chi connectivity index (χ2n) is 5.35. The van der Waals surface area contributed by atoms with E-state index in [1.54, 1.807) is 11.8 Å². The fourth-order valence-corrected chi connectivity index (χ4v) is 2.93. The van der Waals surface area contributed by atoms with E-state index in [9.17, 15) is 4.79 Å². The highest BCUT2D eigenvalue weighted by Crippen LogP contribution is 2.13. The third kappa shape index (κ3) is 7.24. The van der Waals surface area contributed by atoms with Crippen LogP contribution < -0.4 is 10.1 Å². The van der Waals surface area contributed by atoms with E-state index in [0.717, 1.165) is 17.9 Å². The molecule has 0 unspecified atom stereocenters. The number of benzene rings is 2. The maximum Gasteiger partial charge on any atom is 0.230 e. The number of rotatable bonds is 9. The number of thioether (sulfide) groups is 1. The van der Waals surface area contributed by atoms with Gasteiger partial charge in [-0.05, 0) is 31.0 Å². The van der Waals surface area contributed by atoms with Crippen LogP contribution in [0, 0.1) is 6.92 Å². The topological polar surface area (TPSA) is 38.3 Å². The Kier molecular flexibility index (Phi) is 7.54. The van der Waals surface area contributed by atoms with Crippen LogP contribution in [-0.2, 0) is 10.5 Å². The highest BCUT2D eigenvalue weighted by atomic mass is 32.2. The SMILES string of the molecule is Cc1cccc(CSCC(=O)NCCCOc2ccccc2)c1. The van der Waals surface area contributed by atoms with Crippen molar-refractivity contribution < 1.29 is 9.53 Å². The molecule has 2 rings (SSSR count). The molecular weight excluding hydrogens is 306 g/mol. The Morgan fingerprint density at radius 3 is 2.74 bits per heavy atom. The summed E-state index contributed by atoms with van der Waals surface area (Å²) in [5.41, 5.74) is 2.52. The van der Waals surface area contributed by atoms with Crippen molar-refractivity contribution in [1.82, 2.24) is 5.32 Å². The van der Waals surface area contributed by atoms with E-state index in [4.69, 9.17) is 4.74 Å². The lowest BCUT2D eigenvalue weighted by Crippen LogP contribution is -2.27. The van der Waals surface area contributed by atoms with Crippen molar-refractivity contribution >= 4 is 17.7 Å². The van der Waals surface area contributed by atoms with E-state index in [1.807, 2.05) is 30.3 Å². The lowest BCUT2D eigenvalue weighted by molar-refractivity contribution is -0.118. The average molecular weight is 329 g/mol. The molecular formula is C19H23NO2S. The number of amides is 1. The molecule has 0 radical (unpaired) electrons. The minimum absolute atomic E-state index is 0.0855. The quantitative estimate of drug-likeness (QED) is 0.711. The Balaban J connectivity index is 1.52. The first-order valence-corrected chi connectivity index (χ1v) is 8.97. The molecule has 0 spiro atoms. The number of para-hydroxylation sites is 1. The molecule has 2 aromatic carbocycles. The minimum Gasteiger partial charge on any atom is -0.494 e. The number of hydrogen-bond acceptors (Lipinski definition) is 3. The van der Waals surface area contributed by atoms with E-state index in [1.165, 1.54) is 11.1 Å². The third-order valence-electron chi connectivity index (χ3n) is 3.24. The fraction of sp³-hybridized carbons (Fsp3) is 0.316. The zero-order valence-corrected chi connectivity index (χ0v) is 14.3. The van der Waals surface area contributed by atoms with E-state index in [0.29, 0.717) is 18.9 Å². The van der Waals surface area contributed by atoms with Crippen LogP contribution in [0.3, 0.4) is 0 Å². The van der Waals surface area contributed by atoms with Gasteiger partial charge in [0.15, 0.2) is 0 Å². The van der Waals surface area contributed by atoms with Crippen molar-refractivity contribution in [1.29, 1.82) is 0 Å². The smallest absolute Gasteiger partial charge is 0.230 e. The van der Waals surface area contributed by atoms with Crippen LogP contribution in [0.2, 0.25) is 0 Å². The highest BCUT2D eigenvalue weighted by Gasteiger charge is 2.02. The lowest BCUT2D eigenvalue weighted by atomic mass is 10.2. The van der Waals surface area contributed by atoms with Crippen molar-refractivity contribution in [3.05, 3.63) is 65.7 Å². The number of hydrogen-bond donors (Lipinski definition) is 1.